The Kier molecular flexibility index (Phi) is 5.50. The number of benzene rings is 2. The molecule has 0 aliphatic heterocycles. The Morgan fingerprint density at radius 3 is 2.65 bits per heavy atom. The van der Waals surface area contributed by atoms with E-state index in [1.807, 2.05) is 12.1 Å². The van der Waals surface area contributed by atoms with Gasteiger partial charge in [0.2, 0.25) is 0 Å². The lowest BCUT2D eigenvalue weighted by atomic mass is 9.89. The van der Waals surface area contributed by atoms with Gasteiger partial charge in [0.1, 0.15) is 11.5 Å². The van der Waals surface area contributed by atoms with Gasteiger partial charge in [-0.1, -0.05) is 41.9 Å². The molecule has 0 amide bonds. The molecule has 1 aliphatic carbocycles. The number of ether oxygens (including phenoxy) is 1. The molecule has 3 rings (SSSR count). The maximum absolute atomic E-state index is 11.0. The smallest absolute Gasteiger partial charge is 0.362 e. The number of aryl methyl sites for hydroxylation is 1. The predicted octanol–water partition coefficient (Wildman–Crippen LogP) is 4.87. The molecule has 26 heavy (non-hydrogen) atoms. The highest BCUT2D eigenvalue weighted by atomic mass is 79.9. The monoisotopic (exact) mass is 440 g/mol. The first kappa shape index (κ1) is 19.4. The van der Waals surface area contributed by atoms with Crippen molar-refractivity contribution >= 4 is 23.5 Å². The fraction of sp³-hybridized carbons (Fsp3) is 0.368. The Bertz CT molecular complexity index is 874. The van der Waals surface area contributed by atoms with Gasteiger partial charge in [0.15, 0.2) is 6.35 Å². The highest BCUT2D eigenvalue weighted by molar-refractivity contribution is 9.10. The van der Waals surface area contributed by atoms with Gasteiger partial charge in [-0.3, -0.25) is 4.57 Å². The molecule has 1 unspecified atom stereocenters. The van der Waals surface area contributed by atoms with Crippen LogP contribution in [0.1, 0.15) is 54.4 Å². The third-order valence-electron chi connectivity index (χ3n) is 4.71. The highest BCUT2D eigenvalue weighted by Crippen LogP contribution is 2.45. The molecule has 0 spiro atoms. The van der Waals surface area contributed by atoms with Crippen LogP contribution >= 0.6 is 23.5 Å². The van der Waals surface area contributed by atoms with E-state index >= 15 is 0 Å². The van der Waals surface area contributed by atoms with Gasteiger partial charge in [-0.15, -0.1) is 0 Å². The van der Waals surface area contributed by atoms with Gasteiger partial charge in [-0.25, -0.2) is 0 Å². The quantitative estimate of drug-likeness (QED) is 0.577. The van der Waals surface area contributed by atoms with Crippen LogP contribution in [0.3, 0.4) is 0 Å². The lowest BCUT2D eigenvalue weighted by Gasteiger charge is -2.18. The topological polar surface area (TPSA) is 87.0 Å². The van der Waals surface area contributed by atoms with Gasteiger partial charge in [-0.05, 0) is 59.2 Å². The summed E-state index contributed by atoms with van der Waals surface area (Å²) in [6.45, 7) is 4.12. The van der Waals surface area contributed by atoms with Gasteiger partial charge in [-0.2, -0.15) is 0 Å². The van der Waals surface area contributed by atoms with Gasteiger partial charge in [0.25, 0.3) is 0 Å². The molecule has 0 aromatic heterocycles. The number of hydrogen-bond donors (Lipinski definition) is 3. The summed E-state index contributed by atoms with van der Waals surface area (Å²) in [4.78, 5) is 18.0. The average Bonchev–Trinajstić information content (AvgIpc) is 2.97. The summed E-state index contributed by atoms with van der Waals surface area (Å²) in [6, 6.07) is 9.42. The molecule has 7 heteroatoms. The Morgan fingerprint density at radius 2 is 2.00 bits per heavy atom. The Balaban J connectivity index is 1.92. The molecule has 0 radical (unpaired) electrons. The zero-order valence-electron chi connectivity index (χ0n) is 14.6. The first-order chi connectivity index (χ1) is 12.2. The second-order valence-corrected chi connectivity index (χ2v) is 9.42. The molecule has 2 aromatic carbocycles. The number of halogens is 1. The third-order valence-corrected chi connectivity index (χ3v) is 5.84. The number of phenolic OH excluding ortho intramolecular Hbond substituents is 1. The van der Waals surface area contributed by atoms with Gasteiger partial charge >= 0.3 is 7.60 Å². The maximum Gasteiger partial charge on any atom is 0.362 e. The van der Waals surface area contributed by atoms with Crippen molar-refractivity contribution in [3.8, 4) is 11.5 Å². The summed E-state index contributed by atoms with van der Waals surface area (Å²) in [5.74, 6) is 1.23. The molecular formula is C19H22BrO5P. The summed E-state index contributed by atoms with van der Waals surface area (Å²) in [7, 11) is -4.21. The lowest BCUT2D eigenvalue weighted by molar-refractivity contribution is 0.300. The van der Waals surface area contributed by atoms with Crippen molar-refractivity contribution in [2.75, 3.05) is 6.35 Å². The number of hydrogen-bond acceptors (Lipinski definition) is 3. The van der Waals surface area contributed by atoms with E-state index in [4.69, 9.17) is 14.5 Å². The molecule has 0 bridgehead atoms. The Labute approximate surface area is 161 Å². The maximum atomic E-state index is 11.0. The van der Waals surface area contributed by atoms with E-state index in [-0.39, 0.29) is 11.8 Å². The van der Waals surface area contributed by atoms with Crippen molar-refractivity contribution in [1.82, 2.24) is 0 Å². The molecular weight excluding hydrogens is 419 g/mol. The second kappa shape index (κ2) is 7.35. The predicted molar refractivity (Wildman–Crippen MR) is 104 cm³/mol. The van der Waals surface area contributed by atoms with Crippen LogP contribution < -0.4 is 4.74 Å². The summed E-state index contributed by atoms with van der Waals surface area (Å²) in [5.41, 5.74) is 4.39. The standard InChI is InChI=1S/C19H22BrO5P/c1-11(2)16-8-12(4-6-18(16)21)15-5-3-13-7-14(9-17(20)19(13)15)25-10-26(22,23)24/h4,6-9,11,15,21H,3,5,10H2,1-2H3,(H2,22,23,24). The van der Waals surface area contributed by atoms with Gasteiger partial charge < -0.3 is 19.6 Å². The minimum absolute atomic E-state index is 0.216. The van der Waals surface area contributed by atoms with E-state index in [9.17, 15) is 9.67 Å². The van der Waals surface area contributed by atoms with E-state index < -0.39 is 13.9 Å². The molecule has 0 saturated heterocycles. The van der Waals surface area contributed by atoms with Crippen molar-refractivity contribution < 1.29 is 24.2 Å². The van der Waals surface area contributed by atoms with Crippen LogP contribution in [0.25, 0.3) is 0 Å². The first-order valence-electron chi connectivity index (χ1n) is 8.48. The number of fused-ring (bicyclic) bond motifs is 1. The van der Waals surface area contributed by atoms with Crippen molar-refractivity contribution in [2.45, 2.75) is 38.5 Å². The Morgan fingerprint density at radius 1 is 1.27 bits per heavy atom. The summed E-state index contributed by atoms with van der Waals surface area (Å²) in [5, 5.41) is 10.1. The fourth-order valence-electron chi connectivity index (χ4n) is 3.52. The van der Waals surface area contributed by atoms with Crippen LogP contribution in [0.4, 0.5) is 0 Å². The van der Waals surface area contributed by atoms with Crippen molar-refractivity contribution in [1.29, 1.82) is 0 Å². The normalized spacial score (nSPS) is 16.8. The van der Waals surface area contributed by atoms with Crippen LogP contribution in [0, 0.1) is 0 Å². The number of aromatic hydroxyl groups is 1. The second-order valence-electron chi connectivity index (χ2n) is 6.98. The van der Waals surface area contributed by atoms with Crippen molar-refractivity contribution in [3.05, 3.63) is 57.1 Å². The molecule has 0 heterocycles. The Hall–Kier alpha value is -1.33. The van der Waals surface area contributed by atoms with Crippen molar-refractivity contribution in [2.24, 2.45) is 0 Å². The average molecular weight is 441 g/mol. The molecule has 5 nitrogen and oxygen atoms in total. The van der Waals surface area contributed by atoms with Crippen molar-refractivity contribution in [3.63, 3.8) is 0 Å². The lowest BCUT2D eigenvalue weighted by Crippen LogP contribution is -2.01. The molecule has 2 aromatic rings. The summed E-state index contributed by atoms with van der Waals surface area (Å²) >= 11 is 3.59. The molecule has 0 fully saturated rings. The summed E-state index contributed by atoms with van der Waals surface area (Å²) < 4.78 is 17.1. The van der Waals surface area contributed by atoms with Gasteiger partial charge in [0, 0.05) is 10.4 Å². The van der Waals surface area contributed by atoms with Crippen LogP contribution in [-0.4, -0.2) is 21.2 Å². The highest BCUT2D eigenvalue weighted by Gasteiger charge is 2.28. The van der Waals surface area contributed by atoms with E-state index in [1.165, 1.54) is 5.56 Å². The molecule has 1 atom stereocenters. The largest absolute Gasteiger partial charge is 0.508 e. The molecule has 3 N–H and O–H groups in total. The van der Waals surface area contributed by atoms with E-state index in [1.54, 1.807) is 12.1 Å². The zero-order valence-corrected chi connectivity index (χ0v) is 17.1. The molecule has 0 saturated carbocycles. The molecule has 140 valence electrons. The van der Waals surface area contributed by atoms with Crippen LogP contribution in [0.2, 0.25) is 0 Å². The van der Waals surface area contributed by atoms with E-state index in [0.717, 1.165) is 34.0 Å². The fourth-order valence-corrected chi connectivity index (χ4v) is 4.59. The molecule has 1 aliphatic rings. The van der Waals surface area contributed by atoms with Crippen LogP contribution in [0.15, 0.2) is 34.8 Å². The number of rotatable bonds is 5. The minimum atomic E-state index is -4.21. The van der Waals surface area contributed by atoms with Crippen LogP contribution in [0.5, 0.6) is 11.5 Å². The van der Waals surface area contributed by atoms with E-state index in [2.05, 4.69) is 35.8 Å². The van der Waals surface area contributed by atoms with Gasteiger partial charge in [0.05, 0.1) is 0 Å². The summed E-state index contributed by atoms with van der Waals surface area (Å²) in [6.07, 6.45) is 1.18. The number of phenols is 1. The zero-order chi connectivity index (χ0) is 19.1. The third kappa shape index (κ3) is 4.15. The van der Waals surface area contributed by atoms with Crippen LogP contribution in [-0.2, 0) is 11.0 Å². The SMILES string of the molecule is CC(C)c1cc(C2CCc3cc(OCP(=O)(O)O)cc(Br)c32)ccc1O. The first-order valence-corrected chi connectivity index (χ1v) is 11.1. The minimum Gasteiger partial charge on any atom is -0.508 e. The van der Waals surface area contributed by atoms with E-state index in [0.29, 0.717) is 11.5 Å².